The average Bonchev–Trinajstić information content (AvgIpc) is 2.74. The number of ketones is 1. The molecule has 1 aliphatic carbocycles. The van der Waals surface area contributed by atoms with Crippen molar-refractivity contribution >= 4 is 5.78 Å². The Balaban J connectivity index is 1.99. The molecule has 0 heterocycles. The number of hydrogen-bond acceptors (Lipinski definition) is 2. The summed E-state index contributed by atoms with van der Waals surface area (Å²) in [5.41, 5.74) is 1.27. The van der Waals surface area contributed by atoms with Crippen molar-refractivity contribution in [1.82, 2.24) is 0 Å². The van der Waals surface area contributed by atoms with Crippen molar-refractivity contribution in [3.63, 3.8) is 0 Å². The molecule has 1 aromatic rings. The molecule has 1 aliphatic rings. The van der Waals surface area contributed by atoms with Crippen molar-refractivity contribution < 1.29 is 9.53 Å². The van der Waals surface area contributed by atoms with Crippen molar-refractivity contribution in [1.29, 1.82) is 0 Å². The van der Waals surface area contributed by atoms with Crippen LogP contribution < -0.4 is 4.74 Å². The highest BCUT2D eigenvalue weighted by atomic mass is 16.5. The van der Waals surface area contributed by atoms with Crippen LogP contribution in [0.4, 0.5) is 0 Å². The lowest BCUT2D eigenvalue weighted by molar-refractivity contribution is -0.117. The highest BCUT2D eigenvalue weighted by Gasteiger charge is 2.23. The minimum Gasteiger partial charge on any atom is -0.494 e. The van der Waals surface area contributed by atoms with Crippen molar-refractivity contribution in [2.24, 2.45) is 0 Å². The lowest BCUT2D eigenvalue weighted by Gasteiger charge is -2.10. The third kappa shape index (κ3) is 2.63. The minimum absolute atomic E-state index is 0.399. The average molecular weight is 218 g/mol. The summed E-state index contributed by atoms with van der Waals surface area (Å²) in [7, 11) is 0. The molecule has 2 heteroatoms. The summed E-state index contributed by atoms with van der Waals surface area (Å²) < 4.78 is 5.53. The molecule has 0 bridgehead atoms. The third-order valence-electron chi connectivity index (χ3n) is 3.07. The van der Waals surface area contributed by atoms with Gasteiger partial charge in [0.1, 0.15) is 11.5 Å². The predicted octanol–water partition coefficient (Wildman–Crippen LogP) is 3.31. The Labute approximate surface area is 96.6 Å². The number of ether oxygens (including phenoxy) is 1. The van der Waals surface area contributed by atoms with Crippen LogP contribution in [0.1, 0.15) is 44.1 Å². The lowest BCUT2D eigenvalue weighted by atomic mass is 9.98. The number of benzene rings is 1. The number of carbonyl (C=O) groups excluding carboxylic acids is 1. The van der Waals surface area contributed by atoms with Crippen LogP contribution >= 0.6 is 0 Å². The molecule has 86 valence electrons. The lowest BCUT2D eigenvalue weighted by Crippen LogP contribution is -1.97. The molecule has 0 spiro atoms. The number of Topliss-reactive ketones (excluding diaryl/α,β-unsaturated/α-hetero) is 1. The van der Waals surface area contributed by atoms with Crippen LogP contribution in [0.3, 0.4) is 0 Å². The smallest absolute Gasteiger partial charge is 0.133 e. The molecular weight excluding hydrogens is 200 g/mol. The summed E-state index contributed by atoms with van der Waals surface area (Å²) in [6.45, 7) is 2.86. The van der Waals surface area contributed by atoms with Gasteiger partial charge in [-0.1, -0.05) is 19.1 Å². The number of rotatable bonds is 4. The van der Waals surface area contributed by atoms with Gasteiger partial charge < -0.3 is 4.74 Å². The molecule has 2 nitrogen and oxygen atoms in total. The Bertz CT molecular complexity index is 354. The summed E-state index contributed by atoms with van der Waals surface area (Å²) in [6.07, 6.45) is 3.50. The Kier molecular flexibility index (Phi) is 3.60. The summed E-state index contributed by atoms with van der Waals surface area (Å²) >= 11 is 0. The molecule has 0 aromatic heterocycles. The van der Waals surface area contributed by atoms with Crippen LogP contribution in [0.15, 0.2) is 24.3 Å². The zero-order valence-electron chi connectivity index (χ0n) is 9.74. The van der Waals surface area contributed by atoms with Crippen LogP contribution in [0.2, 0.25) is 0 Å². The van der Waals surface area contributed by atoms with E-state index in [0.29, 0.717) is 11.7 Å². The molecule has 0 N–H and O–H groups in total. The second-order valence-corrected chi connectivity index (χ2v) is 4.40. The third-order valence-corrected chi connectivity index (χ3v) is 3.07. The van der Waals surface area contributed by atoms with Gasteiger partial charge in [-0.3, -0.25) is 4.79 Å². The zero-order valence-corrected chi connectivity index (χ0v) is 9.74. The first kappa shape index (κ1) is 11.2. The normalized spacial score (nSPS) is 20.1. The zero-order chi connectivity index (χ0) is 11.4. The molecule has 1 aromatic carbocycles. The molecule has 0 amide bonds. The first-order valence-corrected chi connectivity index (χ1v) is 6.04. The van der Waals surface area contributed by atoms with Gasteiger partial charge in [-0.05, 0) is 36.5 Å². The van der Waals surface area contributed by atoms with Crippen LogP contribution in [-0.4, -0.2) is 12.4 Å². The Hall–Kier alpha value is -1.31. The Morgan fingerprint density at radius 1 is 1.31 bits per heavy atom. The van der Waals surface area contributed by atoms with Crippen LogP contribution in [0, 0.1) is 0 Å². The van der Waals surface area contributed by atoms with E-state index in [2.05, 4.69) is 19.1 Å². The van der Waals surface area contributed by atoms with Gasteiger partial charge in [0, 0.05) is 12.8 Å². The fourth-order valence-corrected chi connectivity index (χ4v) is 2.15. The second kappa shape index (κ2) is 5.15. The molecule has 1 unspecified atom stereocenters. The van der Waals surface area contributed by atoms with Gasteiger partial charge in [-0.2, -0.15) is 0 Å². The minimum atomic E-state index is 0.399. The highest BCUT2D eigenvalue weighted by molar-refractivity contribution is 5.81. The van der Waals surface area contributed by atoms with Crippen molar-refractivity contribution in [3.05, 3.63) is 29.8 Å². The van der Waals surface area contributed by atoms with E-state index in [1.807, 2.05) is 12.1 Å². The summed E-state index contributed by atoms with van der Waals surface area (Å²) in [5, 5.41) is 0. The Morgan fingerprint density at radius 2 is 2.06 bits per heavy atom. The molecular formula is C14H18O2. The topological polar surface area (TPSA) is 26.3 Å². The van der Waals surface area contributed by atoms with Gasteiger partial charge in [0.05, 0.1) is 6.61 Å². The maximum absolute atomic E-state index is 11.2. The van der Waals surface area contributed by atoms with Crippen LogP contribution in [0.5, 0.6) is 5.75 Å². The van der Waals surface area contributed by atoms with Crippen LogP contribution in [0.25, 0.3) is 0 Å². The second-order valence-electron chi connectivity index (χ2n) is 4.40. The van der Waals surface area contributed by atoms with Gasteiger partial charge in [0.15, 0.2) is 0 Å². The van der Waals surface area contributed by atoms with E-state index < -0.39 is 0 Å². The first-order chi connectivity index (χ1) is 7.79. The maximum Gasteiger partial charge on any atom is 0.133 e. The fourth-order valence-electron chi connectivity index (χ4n) is 2.15. The summed E-state index contributed by atoms with van der Waals surface area (Å²) in [5.74, 6) is 1.76. The summed E-state index contributed by atoms with van der Waals surface area (Å²) in [4.78, 5) is 11.2. The monoisotopic (exact) mass is 218 g/mol. The van der Waals surface area contributed by atoms with Crippen molar-refractivity contribution in [3.8, 4) is 5.75 Å². The van der Waals surface area contributed by atoms with E-state index in [0.717, 1.165) is 38.0 Å². The molecule has 0 radical (unpaired) electrons. The molecule has 1 atom stereocenters. The number of carbonyl (C=O) groups is 1. The van der Waals surface area contributed by atoms with E-state index in [-0.39, 0.29) is 0 Å². The Morgan fingerprint density at radius 3 is 2.62 bits per heavy atom. The van der Waals surface area contributed by atoms with Gasteiger partial charge in [0.2, 0.25) is 0 Å². The molecule has 1 saturated carbocycles. The molecule has 2 rings (SSSR count). The predicted molar refractivity (Wildman–Crippen MR) is 63.8 cm³/mol. The van der Waals surface area contributed by atoms with E-state index in [9.17, 15) is 4.79 Å². The van der Waals surface area contributed by atoms with Gasteiger partial charge >= 0.3 is 0 Å². The van der Waals surface area contributed by atoms with E-state index in [1.54, 1.807) is 0 Å². The van der Waals surface area contributed by atoms with Gasteiger partial charge in [-0.15, -0.1) is 0 Å². The van der Waals surface area contributed by atoms with Gasteiger partial charge in [0.25, 0.3) is 0 Å². The van der Waals surface area contributed by atoms with E-state index >= 15 is 0 Å². The van der Waals surface area contributed by atoms with Crippen molar-refractivity contribution in [2.45, 2.75) is 38.5 Å². The number of hydrogen-bond donors (Lipinski definition) is 0. The molecule has 1 fully saturated rings. The van der Waals surface area contributed by atoms with E-state index in [1.165, 1.54) is 5.56 Å². The van der Waals surface area contributed by atoms with Crippen molar-refractivity contribution in [2.75, 3.05) is 6.61 Å². The van der Waals surface area contributed by atoms with Crippen LogP contribution in [-0.2, 0) is 4.79 Å². The maximum atomic E-state index is 11.2. The molecule has 0 saturated heterocycles. The quantitative estimate of drug-likeness (QED) is 0.775. The fraction of sp³-hybridized carbons (Fsp3) is 0.500. The first-order valence-electron chi connectivity index (χ1n) is 6.04. The SMILES string of the molecule is CCCOc1ccc(C2CCC(=O)C2)cc1. The molecule has 0 aliphatic heterocycles. The largest absolute Gasteiger partial charge is 0.494 e. The highest BCUT2D eigenvalue weighted by Crippen LogP contribution is 2.32. The van der Waals surface area contributed by atoms with Gasteiger partial charge in [-0.25, -0.2) is 0 Å². The summed E-state index contributed by atoms with van der Waals surface area (Å²) in [6, 6.07) is 8.20. The standard InChI is InChI=1S/C14H18O2/c1-2-9-16-14-7-4-11(5-8-14)12-3-6-13(15)10-12/h4-5,7-8,12H,2-3,6,9-10H2,1H3. The van der Waals surface area contributed by atoms with E-state index in [4.69, 9.17) is 4.74 Å². The molecule has 16 heavy (non-hydrogen) atoms.